The van der Waals surface area contributed by atoms with Crippen molar-refractivity contribution >= 4 is 41.7 Å². The van der Waals surface area contributed by atoms with Gasteiger partial charge in [-0.05, 0) is 29.2 Å². The number of benzene rings is 1. The summed E-state index contributed by atoms with van der Waals surface area (Å²) in [6.07, 6.45) is 2.41. The van der Waals surface area contributed by atoms with E-state index in [9.17, 15) is 14.0 Å². The second-order valence-electron chi connectivity index (χ2n) is 8.74. The highest BCUT2D eigenvalue weighted by Gasteiger charge is 2.39. The van der Waals surface area contributed by atoms with Gasteiger partial charge in [-0.2, -0.15) is 12.6 Å². The molecule has 1 N–H and O–H groups in total. The van der Waals surface area contributed by atoms with Gasteiger partial charge >= 0.3 is 0 Å². The van der Waals surface area contributed by atoms with Crippen LogP contribution in [0.3, 0.4) is 0 Å². The van der Waals surface area contributed by atoms with Gasteiger partial charge in [0.25, 0.3) is 0 Å². The third kappa shape index (κ3) is 4.47. The molecule has 5 rings (SSSR count). The number of nitrogens with zero attached hydrogens (tertiary/aromatic N) is 4. The molecule has 2 atom stereocenters. The molecular weight excluding hydrogens is 465 g/mol. The first-order chi connectivity index (χ1) is 15.9. The minimum absolute atomic E-state index is 0.0954. The normalized spacial score (nSPS) is 24.2. The molecule has 10 heteroatoms. The molecule has 2 unspecified atom stereocenters. The van der Waals surface area contributed by atoms with Gasteiger partial charge in [-0.15, -0.1) is 0 Å². The summed E-state index contributed by atoms with van der Waals surface area (Å²) in [5, 5.41) is 2.18. The van der Waals surface area contributed by atoms with Crippen LogP contribution in [0.15, 0.2) is 30.5 Å². The highest BCUT2D eigenvalue weighted by molar-refractivity contribution is 7.80. The number of amides is 2. The predicted octanol–water partition coefficient (Wildman–Crippen LogP) is 2.75. The Balaban J connectivity index is 1.21. The quantitative estimate of drug-likeness (QED) is 0.391. The number of halogens is 2. The summed E-state index contributed by atoms with van der Waals surface area (Å²) in [7, 11) is 0. The fraction of sp³-hybridized carbons (Fsp3) is 0.435. The number of thiol groups is 1. The second kappa shape index (κ2) is 9.21. The average Bonchev–Trinajstić information content (AvgIpc) is 3.12. The maximum absolute atomic E-state index is 14.3. The molecule has 0 bridgehead atoms. The predicted molar refractivity (Wildman–Crippen MR) is 127 cm³/mol. The fourth-order valence-corrected chi connectivity index (χ4v) is 5.59. The second-order valence-corrected chi connectivity index (χ2v) is 9.59. The van der Waals surface area contributed by atoms with Crippen LogP contribution in [-0.2, 0) is 22.7 Å². The minimum Gasteiger partial charge on any atom is -0.366 e. The molecule has 7 nitrogen and oxygen atoms in total. The number of piperidine rings is 1. The number of hydrogen-bond acceptors (Lipinski definition) is 7. The van der Waals surface area contributed by atoms with Gasteiger partial charge < -0.3 is 4.90 Å². The first kappa shape index (κ1) is 22.6. The number of anilines is 1. The van der Waals surface area contributed by atoms with Crippen LogP contribution in [0.5, 0.6) is 0 Å². The van der Waals surface area contributed by atoms with Gasteiger partial charge in [-0.25, -0.2) is 9.37 Å². The zero-order valence-corrected chi connectivity index (χ0v) is 19.7. The highest BCUT2D eigenvalue weighted by Crippen LogP contribution is 2.39. The Morgan fingerprint density at radius 2 is 1.97 bits per heavy atom. The van der Waals surface area contributed by atoms with Crippen LogP contribution in [0.25, 0.3) is 0 Å². The van der Waals surface area contributed by atoms with Crippen LogP contribution in [-0.4, -0.2) is 58.8 Å². The molecular formula is C23H25ClFN5O2S. The number of aromatic nitrogens is 1. The van der Waals surface area contributed by atoms with Crippen LogP contribution >= 0.6 is 24.2 Å². The molecule has 0 aliphatic carbocycles. The standard InChI is InChI=1S/C23H25ClFN5O2S/c24-21-20(25)17(5-6-26-21)29-9-7-28(8-10-29)12-14-1-2-16-15(11-14)13-30(23(16)33)18-3-4-19(31)27-22(18)32/h1-2,5-6,11,18,23,33H,3-4,7-10,12-13H2,(H,27,31,32). The van der Waals surface area contributed by atoms with Crippen molar-refractivity contribution in [1.29, 1.82) is 0 Å². The largest absolute Gasteiger partial charge is 0.366 e. The van der Waals surface area contributed by atoms with Crippen molar-refractivity contribution in [2.45, 2.75) is 37.3 Å². The molecule has 1 aromatic heterocycles. The number of carbonyl (C=O) groups excluding carboxylic acids is 2. The fourth-order valence-electron chi connectivity index (χ4n) is 4.95. The lowest BCUT2D eigenvalue weighted by molar-refractivity contribution is -0.137. The summed E-state index contributed by atoms with van der Waals surface area (Å²) in [5.41, 5.74) is 3.98. The van der Waals surface area contributed by atoms with Crippen LogP contribution in [0.4, 0.5) is 10.1 Å². The first-order valence-corrected chi connectivity index (χ1v) is 12.0. The van der Waals surface area contributed by atoms with E-state index in [4.69, 9.17) is 24.2 Å². The Hall–Kier alpha value is -2.20. The van der Waals surface area contributed by atoms with Crippen LogP contribution in [0, 0.1) is 5.82 Å². The molecule has 0 saturated carbocycles. The van der Waals surface area contributed by atoms with E-state index in [0.717, 1.165) is 25.2 Å². The minimum atomic E-state index is -0.465. The number of rotatable bonds is 4. The number of piperazine rings is 1. The summed E-state index contributed by atoms with van der Waals surface area (Å²) < 4.78 is 14.3. The van der Waals surface area contributed by atoms with Gasteiger partial charge in [0.1, 0.15) is 0 Å². The molecule has 3 aliphatic rings. The number of imide groups is 1. The molecule has 1 aromatic carbocycles. The Morgan fingerprint density at radius 3 is 2.73 bits per heavy atom. The number of carbonyl (C=O) groups is 2. The topological polar surface area (TPSA) is 68.8 Å². The maximum atomic E-state index is 14.3. The van der Waals surface area contributed by atoms with Gasteiger partial charge in [0.05, 0.1) is 17.1 Å². The Morgan fingerprint density at radius 1 is 1.18 bits per heavy atom. The van der Waals surface area contributed by atoms with E-state index < -0.39 is 5.82 Å². The zero-order valence-electron chi connectivity index (χ0n) is 18.0. The van der Waals surface area contributed by atoms with E-state index in [1.807, 2.05) is 4.90 Å². The highest BCUT2D eigenvalue weighted by atomic mass is 35.5. The molecule has 2 fully saturated rings. The summed E-state index contributed by atoms with van der Waals surface area (Å²) in [4.78, 5) is 34.0. The molecule has 33 heavy (non-hydrogen) atoms. The molecule has 2 aromatic rings. The summed E-state index contributed by atoms with van der Waals surface area (Å²) in [5.74, 6) is -0.905. The van der Waals surface area contributed by atoms with Crippen molar-refractivity contribution in [3.8, 4) is 0 Å². The first-order valence-electron chi connectivity index (χ1n) is 11.1. The third-order valence-corrected chi connectivity index (χ3v) is 7.55. The van der Waals surface area contributed by atoms with Gasteiger partial charge in [-0.1, -0.05) is 29.8 Å². The van der Waals surface area contributed by atoms with Gasteiger partial charge in [0.15, 0.2) is 11.0 Å². The van der Waals surface area contributed by atoms with Crippen LogP contribution in [0.1, 0.15) is 34.9 Å². The average molecular weight is 490 g/mol. The third-order valence-electron chi connectivity index (χ3n) is 6.71. The van der Waals surface area contributed by atoms with Gasteiger partial charge in [0.2, 0.25) is 11.8 Å². The molecule has 174 valence electrons. The lowest BCUT2D eigenvalue weighted by atomic mass is 10.0. The van der Waals surface area contributed by atoms with E-state index in [-0.39, 0.29) is 28.4 Å². The Labute approximate surface area is 202 Å². The van der Waals surface area contributed by atoms with Crippen molar-refractivity contribution in [2.24, 2.45) is 0 Å². The van der Waals surface area contributed by atoms with Crippen molar-refractivity contribution in [3.05, 3.63) is 58.1 Å². The van der Waals surface area contributed by atoms with Crippen molar-refractivity contribution < 1.29 is 14.0 Å². The molecule has 3 aliphatic heterocycles. The van der Waals surface area contributed by atoms with E-state index in [0.29, 0.717) is 38.2 Å². The molecule has 0 spiro atoms. The van der Waals surface area contributed by atoms with Crippen molar-refractivity contribution in [2.75, 3.05) is 31.1 Å². The lowest BCUT2D eigenvalue weighted by Crippen LogP contribution is -2.51. The molecule has 2 amide bonds. The number of pyridine rings is 1. The molecule has 0 radical (unpaired) electrons. The maximum Gasteiger partial charge on any atom is 0.243 e. The Kier molecular flexibility index (Phi) is 6.30. The lowest BCUT2D eigenvalue weighted by Gasteiger charge is -2.36. The number of nitrogens with one attached hydrogen (secondary N) is 1. The number of hydrogen-bond donors (Lipinski definition) is 2. The summed E-state index contributed by atoms with van der Waals surface area (Å²) in [6, 6.07) is 7.73. The van der Waals surface area contributed by atoms with E-state index in [1.54, 1.807) is 6.07 Å². The van der Waals surface area contributed by atoms with Gasteiger partial charge in [-0.3, -0.25) is 24.7 Å². The SMILES string of the molecule is O=C1CCC(N2Cc3cc(CN4CCN(c5ccnc(Cl)c5F)CC4)ccc3C2S)C(=O)N1. The van der Waals surface area contributed by atoms with E-state index in [2.05, 4.69) is 38.3 Å². The summed E-state index contributed by atoms with van der Waals surface area (Å²) in [6.45, 7) is 4.49. The van der Waals surface area contributed by atoms with Gasteiger partial charge in [0, 0.05) is 51.9 Å². The van der Waals surface area contributed by atoms with E-state index in [1.165, 1.54) is 17.3 Å². The van der Waals surface area contributed by atoms with Crippen molar-refractivity contribution in [1.82, 2.24) is 20.1 Å². The van der Waals surface area contributed by atoms with Crippen LogP contribution < -0.4 is 10.2 Å². The summed E-state index contributed by atoms with van der Waals surface area (Å²) >= 11 is 10.6. The molecule has 2 saturated heterocycles. The van der Waals surface area contributed by atoms with E-state index >= 15 is 0 Å². The smallest absolute Gasteiger partial charge is 0.243 e. The van der Waals surface area contributed by atoms with Crippen LogP contribution in [0.2, 0.25) is 5.15 Å². The zero-order chi connectivity index (χ0) is 23.1. The molecule has 4 heterocycles. The van der Waals surface area contributed by atoms with Crippen molar-refractivity contribution in [3.63, 3.8) is 0 Å². The Bertz CT molecular complexity index is 1090. The number of fused-ring (bicyclic) bond motifs is 1. The monoisotopic (exact) mass is 489 g/mol.